The molecule has 152 valence electrons. The van der Waals surface area contributed by atoms with Gasteiger partial charge in [0.2, 0.25) is 5.91 Å². The summed E-state index contributed by atoms with van der Waals surface area (Å²) in [5.41, 5.74) is 10.5. The highest BCUT2D eigenvalue weighted by molar-refractivity contribution is 6.18. The normalized spacial score (nSPS) is 15.0. The zero-order valence-corrected chi connectivity index (χ0v) is 16.7. The fraction of sp³-hybridized carbons (Fsp3) is 0.0833. The van der Waals surface area contributed by atoms with Gasteiger partial charge < -0.3 is 16.4 Å². The molecule has 0 aliphatic carbocycles. The van der Waals surface area contributed by atoms with Crippen molar-refractivity contribution in [3.63, 3.8) is 0 Å². The fourth-order valence-corrected chi connectivity index (χ4v) is 3.51. The molecular formula is C24H19N5O2. The second-order valence-electron chi connectivity index (χ2n) is 7.18. The molecule has 1 unspecified atom stereocenters. The van der Waals surface area contributed by atoms with Crippen molar-refractivity contribution in [1.82, 2.24) is 0 Å². The number of hydrogen-bond acceptors (Lipinski definition) is 5. The van der Waals surface area contributed by atoms with Crippen LogP contribution < -0.4 is 16.4 Å². The van der Waals surface area contributed by atoms with Crippen molar-refractivity contribution in [2.75, 3.05) is 16.4 Å². The van der Waals surface area contributed by atoms with E-state index < -0.39 is 5.92 Å². The van der Waals surface area contributed by atoms with Gasteiger partial charge in [-0.2, -0.15) is 5.26 Å². The maximum absolute atomic E-state index is 12.5. The van der Waals surface area contributed by atoms with Crippen LogP contribution >= 0.6 is 0 Å². The van der Waals surface area contributed by atoms with Crippen LogP contribution in [0.3, 0.4) is 0 Å². The number of fused-ring (bicyclic) bond motifs is 1. The maximum atomic E-state index is 12.5. The van der Waals surface area contributed by atoms with Gasteiger partial charge in [0.15, 0.2) is 0 Å². The smallest absolute Gasteiger partial charge is 0.255 e. The van der Waals surface area contributed by atoms with E-state index in [0.717, 1.165) is 5.56 Å². The molecule has 1 aliphatic heterocycles. The van der Waals surface area contributed by atoms with Gasteiger partial charge in [-0.25, -0.2) is 0 Å². The van der Waals surface area contributed by atoms with Crippen LogP contribution in [0.4, 0.5) is 22.7 Å². The molecule has 4 rings (SSSR count). The Morgan fingerprint density at radius 1 is 1.13 bits per heavy atom. The molecule has 2 amide bonds. The minimum absolute atomic E-state index is 0.178. The Hall–Kier alpha value is -4.44. The van der Waals surface area contributed by atoms with Crippen molar-refractivity contribution < 1.29 is 9.59 Å². The zero-order chi connectivity index (χ0) is 22.0. The lowest BCUT2D eigenvalue weighted by atomic mass is 9.95. The minimum atomic E-state index is -0.563. The number of carbonyl (C=O) groups is 2. The molecule has 1 heterocycles. The van der Waals surface area contributed by atoms with Gasteiger partial charge in [0.05, 0.1) is 28.7 Å². The maximum Gasteiger partial charge on any atom is 0.255 e. The van der Waals surface area contributed by atoms with Crippen molar-refractivity contribution in [2.24, 2.45) is 4.99 Å². The molecule has 7 nitrogen and oxygen atoms in total. The SMILES string of the molecule is CC(=Nc1ccc(C(=O)Nc2ccccc2N)cc1)C1C(=O)Nc2ccc(C#N)cc21. The van der Waals surface area contributed by atoms with Crippen LogP contribution in [-0.2, 0) is 4.79 Å². The van der Waals surface area contributed by atoms with E-state index in [1.165, 1.54) is 0 Å². The monoisotopic (exact) mass is 409 g/mol. The summed E-state index contributed by atoms with van der Waals surface area (Å²) in [6.45, 7) is 1.77. The van der Waals surface area contributed by atoms with Crippen molar-refractivity contribution in [3.8, 4) is 6.07 Å². The first-order chi connectivity index (χ1) is 15.0. The predicted molar refractivity (Wildman–Crippen MR) is 121 cm³/mol. The van der Waals surface area contributed by atoms with E-state index in [1.807, 2.05) is 0 Å². The third kappa shape index (κ3) is 4.00. The molecular weight excluding hydrogens is 390 g/mol. The summed E-state index contributed by atoms with van der Waals surface area (Å²) in [5, 5.41) is 14.8. The van der Waals surface area contributed by atoms with E-state index >= 15 is 0 Å². The molecule has 3 aromatic carbocycles. The first-order valence-electron chi connectivity index (χ1n) is 9.62. The largest absolute Gasteiger partial charge is 0.397 e. The number of nitrogens with one attached hydrogen (secondary N) is 2. The molecule has 0 fully saturated rings. The van der Waals surface area contributed by atoms with Gasteiger partial charge in [-0.15, -0.1) is 0 Å². The number of carbonyl (C=O) groups excluding carboxylic acids is 2. The Balaban J connectivity index is 1.54. The molecule has 0 radical (unpaired) electrons. The van der Waals surface area contributed by atoms with E-state index in [-0.39, 0.29) is 11.8 Å². The van der Waals surface area contributed by atoms with Gasteiger partial charge >= 0.3 is 0 Å². The number of nitrogens with two attached hydrogens (primary N) is 1. The molecule has 31 heavy (non-hydrogen) atoms. The van der Waals surface area contributed by atoms with Gasteiger partial charge in [-0.05, 0) is 67.1 Å². The third-order valence-corrected chi connectivity index (χ3v) is 5.07. The Bertz CT molecular complexity index is 1260. The average molecular weight is 409 g/mol. The Morgan fingerprint density at radius 3 is 2.58 bits per heavy atom. The Labute approximate surface area is 179 Å². The number of aliphatic imine (C=N–C) groups is 1. The number of anilines is 3. The van der Waals surface area contributed by atoms with Crippen molar-refractivity contribution in [1.29, 1.82) is 5.26 Å². The van der Waals surface area contributed by atoms with Crippen LogP contribution in [0.25, 0.3) is 0 Å². The van der Waals surface area contributed by atoms with E-state index in [2.05, 4.69) is 21.7 Å². The third-order valence-electron chi connectivity index (χ3n) is 5.07. The number of nitrogen functional groups attached to an aromatic ring is 1. The summed E-state index contributed by atoms with van der Waals surface area (Å²) in [6, 6.07) is 21.0. The van der Waals surface area contributed by atoms with Crippen molar-refractivity contribution in [3.05, 3.63) is 83.4 Å². The number of rotatable bonds is 4. The summed E-state index contributed by atoms with van der Waals surface area (Å²) >= 11 is 0. The molecule has 0 aromatic heterocycles. The Kier molecular flexibility index (Phi) is 5.21. The van der Waals surface area contributed by atoms with E-state index in [9.17, 15) is 9.59 Å². The lowest BCUT2D eigenvalue weighted by molar-refractivity contribution is -0.115. The van der Waals surface area contributed by atoms with Crippen LogP contribution in [-0.4, -0.2) is 17.5 Å². The van der Waals surface area contributed by atoms with E-state index in [4.69, 9.17) is 11.0 Å². The number of hydrogen-bond donors (Lipinski definition) is 3. The Morgan fingerprint density at radius 2 is 1.87 bits per heavy atom. The molecule has 0 saturated carbocycles. The van der Waals surface area contributed by atoms with E-state index in [1.54, 1.807) is 73.7 Å². The summed E-state index contributed by atoms with van der Waals surface area (Å²) in [4.78, 5) is 29.5. The van der Waals surface area contributed by atoms with Gasteiger partial charge in [0.1, 0.15) is 5.92 Å². The average Bonchev–Trinajstić information content (AvgIpc) is 3.10. The summed E-state index contributed by atoms with van der Waals surface area (Å²) in [5.74, 6) is -1.02. The van der Waals surface area contributed by atoms with Crippen LogP contribution in [0.1, 0.15) is 34.3 Å². The van der Waals surface area contributed by atoms with Gasteiger partial charge in [-0.3, -0.25) is 14.6 Å². The fourth-order valence-electron chi connectivity index (χ4n) is 3.51. The van der Waals surface area contributed by atoms with Gasteiger partial charge in [0.25, 0.3) is 5.91 Å². The molecule has 0 bridgehead atoms. The van der Waals surface area contributed by atoms with Crippen LogP contribution in [0.5, 0.6) is 0 Å². The highest BCUT2D eigenvalue weighted by atomic mass is 16.2. The summed E-state index contributed by atoms with van der Waals surface area (Å²) in [7, 11) is 0. The zero-order valence-electron chi connectivity index (χ0n) is 16.7. The molecule has 3 aromatic rings. The van der Waals surface area contributed by atoms with Crippen LogP contribution in [0.15, 0.2) is 71.7 Å². The number of amides is 2. The highest BCUT2D eigenvalue weighted by Gasteiger charge is 2.33. The first kappa shape index (κ1) is 19.9. The van der Waals surface area contributed by atoms with Crippen molar-refractivity contribution >= 4 is 40.3 Å². The topological polar surface area (TPSA) is 120 Å². The van der Waals surface area contributed by atoms with Gasteiger partial charge in [-0.1, -0.05) is 12.1 Å². The predicted octanol–water partition coefficient (Wildman–Crippen LogP) is 4.22. The number of nitriles is 1. The lowest BCUT2D eigenvalue weighted by Gasteiger charge is -2.10. The number of nitrogens with zero attached hydrogens (tertiary/aromatic N) is 2. The molecule has 0 spiro atoms. The number of benzene rings is 3. The molecule has 4 N–H and O–H groups in total. The quantitative estimate of drug-likeness (QED) is 0.441. The van der Waals surface area contributed by atoms with E-state index in [0.29, 0.717) is 39.6 Å². The van der Waals surface area contributed by atoms with Crippen LogP contribution in [0, 0.1) is 11.3 Å². The summed E-state index contributed by atoms with van der Waals surface area (Å²) in [6.07, 6.45) is 0. The minimum Gasteiger partial charge on any atom is -0.397 e. The first-order valence-corrected chi connectivity index (χ1v) is 9.62. The van der Waals surface area contributed by atoms with Crippen LogP contribution in [0.2, 0.25) is 0 Å². The second-order valence-corrected chi connectivity index (χ2v) is 7.18. The summed E-state index contributed by atoms with van der Waals surface area (Å²) < 4.78 is 0. The second kappa shape index (κ2) is 8.13. The number of para-hydroxylation sites is 2. The molecule has 1 aliphatic rings. The van der Waals surface area contributed by atoms with Crippen molar-refractivity contribution in [2.45, 2.75) is 12.8 Å². The lowest BCUT2D eigenvalue weighted by Crippen LogP contribution is -2.18. The van der Waals surface area contributed by atoms with Gasteiger partial charge in [0, 0.05) is 17.0 Å². The standard InChI is InChI=1S/C24H19N5O2/c1-14(22-18-12-15(13-25)6-11-20(18)28-24(22)31)27-17-9-7-16(8-10-17)23(30)29-21-5-3-2-4-19(21)26/h2-12,22H,26H2,1H3,(H,28,31)(H,29,30). The molecule has 0 saturated heterocycles. The highest BCUT2D eigenvalue weighted by Crippen LogP contribution is 2.35. The molecule has 1 atom stereocenters. The molecule has 7 heteroatoms.